The number of rotatable bonds is 1. The van der Waals surface area contributed by atoms with Gasteiger partial charge in [-0.25, -0.2) is 0 Å². The second-order valence-corrected chi connectivity index (χ2v) is 5.12. The van der Waals surface area contributed by atoms with Gasteiger partial charge in [0.25, 0.3) is 0 Å². The van der Waals surface area contributed by atoms with Gasteiger partial charge in [-0.2, -0.15) is 0 Å². The molecule has 1 aliphatic rings. The standard InChI is InChI=1S/C7H7Cl.C5H9ClO/c1-6-4-2-3-5-7(6)8;1-4(7)5(6)2-3-5/h2-5H,1H3;4,7H,2-3H2,1H3. The van der Waals surface area contributed by atoms with E-state index in [4.69, 9.17) is 28.3 Å². The monoisotopic (exact) mass is 246 g/mol. The lowest BCUT2D eigenvalue weighted by molar-refractivity contribution is 0.181. The van der Waals surface area contributed by atoms with Gasteiger partial charge in [0.15, 0.2) is 0 Å². The molecule has 1 nitrogen and oxygen atoms in total. The summed E-state index contributed by atoms with van der Waals surface area (Å²) >= 11 is 11.4. The van der Waals surface area contributed by atoms with Crippen LogP contribution in [-0.4, -0.2) is 16.1 Å². The molecule has 0 radical (unpaired) electrons. The van der Waals surface area contributed by atoms with Crippen LogP contribution in [0.3, 0.4) is 0 Å². The number of benzene rings is 1. The van der Waals surface area contributed by atoms with E-state index >= 15 is 0 Å². The molecule has 0 aromatic heterocycles. The van der Waals surface area contributed by atoms with Crippen LogP contribution in [0.2, 0.25) is 5.02 Å². The summed E-state index contributed by atoms with van der Waals surface area (Å²) in [6.45, 7) is 3.72. The summed E-state index contributed by atoms with van der Waals surface area (Å²) in [5.74, 6) is 0. The molecular formula is C12H16Cl2O. The van der Waals surface area contributed by atoms with Crippen LogP contribution in [0.5, 0.6) is 0 Å². The SMILES string of the molecule is CC(O)C1(Cl)CC1.Cc1ccccc1Cl. The zero-order chi connectivity index (χ0) is 11.5. The Kier molecular flexibility index (Phi) is 4.45. The minimum absolute atomic E-state index is 0.222. The molecule has 84 valence electrons. The van der Waals surface area contributed by atoms with E-state index < -0.39 is 0 Å². The van der Waals surface area contributed by atoms with Crippen LogP contribution in [0.15, 0.2) is 24.3 Å². The van der Waals surface area contributed by atoms with Gasteiger partial charge in [-0.15, -0.1) is 11.6 Å². The number of aryl methyl sites for hydroxylation is 1. The molecule has 2 rings (SSSR count). The predicted octanol–water partition coefficient (Wildman–Crippen LogP) is 3.79. The van der Waals surface area contributed by atoms with E-state index in [2.05, 4.69) is 0 Å². The van der Waals surface area contributed by atoms with Gasteiger partial charge in [0.05, 0.1) is 11.0 Å². The minimum Gasteiger partial charge on any atom is -0.392 e. The number of aliphatic hydroxyl groups is 1. The van der Waals surface area contributed by atoms with E-state index in [0.717, 1.165) is 23.4 Å². The molecule has 0 spiro atoms. The lowest BCUT2D eigenvalue weighted by Crippen LogP contribution is -2.16. The summed E-state index contributed by atoms with van der Waals surface area (Å²) < 4.78 is 0. The van der Waals surface area contributed by atoms with Gasteiger partial charge in [-0.1, -0.05) is 29.8 Å². The summed E-state index contributed by atoms with van der Waals surface area (Å²) in [6, 6.07) is 7.77. The lowest BCUT2D eigenvalue weighted by Gasteiger charge is -2.06. The molecule has 1 atom stereocenters. The molecule has 1 aliphatic carbocycles. The van der Waals surface area contributed by atoms with Gasteiger partial charge in [-0.3, -0.25) is 0 Å². The maximum atomic E-state index is 8.82. The predicted molar refractivity (Wildman–Crippen MR) is 65.7 cm³/mol. The van der Waals surface area contributed by atoms with E-state index in [1.54, 1.807) is 6.92 Å². The number of hydrogen-bond acceptors (Lipinski definition) is 1. The molecule has 0 amide bonds. The Morgan fingerprint density at radius 2 is 1.87 bits per heavy atom. The average molecular weight is 247 g/mol. The van der Waals surface area contributed by atoms with Gasteiger partial charge in [-0.05, 0) is 38.3 Å². The first kappa shape index (κ1) is 12.8. The Labute approximate surface area is 101 Å². The van der Waals surface area contributed by atoms with Crippen LogP contribution in [0.25, 0.3) is 0 Å². The molecule has 1 N–H and O–H groups in total. The first-order chi connectivity index (χ1) is 6.96. The van der Waals surface area contributed by atoms with Crippen molar-refractivity contribution in [2.45, 2.75) is 37.7 Å². The molecule has 1 aromatic rings. The lowest BCUT2D eigenvalue weighted by atomic mass is 10.2. The molecule has 0 heterocycles. The Bertz CT molecular complexity index is 298. The average Bonchev–Trinajstić information content (AvgIpc) is 2.92. The van der Waals surface area contributed by atoms with Crippen molar-refractivity contribution in [1.29, 1.82) is 0 Å². The molecule has 1 saturated carbocycles. The summed E-state index contributed by atoms with van der Waals surface area (Å²) in [5, 5.41) is 9.66. The van der Waals surface area contributed by atoms with Gasteiger partial charge < -0.3 is 5.11 Å². The first-order valence-corrected chi connectivity index (χ1v) is 5.79. The van der Waals surface area contributed by atoms with Crippen molar-refractivity contribution in [3.8, 4) is 0 Å². The molecule has 1 fully saturated rings. The number of halogens is 2. The van der Waals surface area contributed by atoms with Crippen molar-refractivity contribution in [3.63, 3.8) is 0 Å². The van der Waals surface area contributed by atoms with Crippen LogP contribution in [0, 0.1) is 6.92 Å². The number of aliphatic hydroxyl groups excluding tert-OH is 1. The fourth-order valence-corrected chi connectivity index (χ4v) is 1.32. The van der Waals surface area contributed by atoms with Crippen molar-refractivity contribution in [1.82, 2.24) is 0 Å². The molecule has 15 heavy (non-hydrogen) atoms. The molecule has 1 unspecified atom stereocenters. The van der Waals surface area contributed by atoms with E-state index in [1.807, 2.05) is 31.2 Å². The van der Waals surface area contributed by atoms with Crippen molar-refractivity contribution in [3.05, 3.63) is 34.9 Å². The Balaban J connectivity index is 0.000000151. The van der Waals surface area contributed by atoms with E-state index in [9.17, 15) is 0 Å². The first-order valence-electron chi connectivity index (χ1n) is 5.04. The summed E-state index contributed by atoms with van der Waals surface area (Å²) in [6.07, 6.45) is 1.63. The maximum Gasteiger partial charge on any atom is 0.0703 e. The minimum atomic E-state index is -0.325. The Morgan fingerprint density at radius 1 is 1.33 bits per heavy atom. The number of hydrogen-bond donors (Lipinski definition) is 1. The van der Waals surface area contributed by atoms with E-state index in [0.29, 0.717) is 0 Å². The van der Waals surface area contributed by atoms with Crippen molar-refractivity contribution >= 4 is 23.2 Å². The maximum absolute atomic E-state index is 8.82. The van der Waals surface area contributed by atoms with Crippen molar-refractivity contribution in [2.75, 3.05) is 0 Å². The molecular weight excluding hydrogens is 231 g/mol. The smallest absolute Gasteiger partial charge is 0.0703 e. The van der Waals surface area contributed by atoms with Crippen LogP contribution >= 0.6 is 23.2 Å². The summed E-state index contributed by atoms with van der Waals surface area (Å²) in [7, 11) is 0. The molecule has 1 aromatic carbocycles. The van der Waals surface area contributed by atoms with Crippen LogP contribution in [0.1, 0.15) is 25.3 Å². The number of alkyl halides is 1. The zero-order valence-corrected chi connectivity index (χ0v) is 10.5. The van der Waals surface area contributed by atoms with Crippen LogP contribution in [-0.2, 0) is 0 Å². The van der Waals surface area contributed by atoms with Crippen LogP contribution in [0.4, 0.5) is 0 Å². The highest BCUT2D eigenvalue weighted by molar-refractivity contribution is 6.31. The highest BCUT2D eigenvalue weighted by Crippen LogP contribution is 2.45. The zero-order valence-electron chi connectivity index (χ0n) is 9.00. The quantitative estimate of drug-likeness (QED) is 0.748. The van der Waals surface area contributed by atoms with Crippen molar-refractivity contribution in [2.24, 2.45) is 0 Å². The van der Waals surface area contributed by atoms with Gasteiger partial charge in [0, 0.05) is 5.02 Å². The van der Waals surface area contributed by atoms with E-state index in [-0.39, 0.29) is 11.0 Å². The summed E-state index contributed by atoms with van der Waals surface area (Å²) in [4.78, 5) is -0.222. The fraction of sp³-hybridized carbons (Fsp3) is 0.500. The molecule has 0 aliphatic heterocycles. The highest BCUT2D eigenvalue weighted by atomic mass is 35.5. The van der Waals surface area contributed by atoms with Crippen molar-refractivity contribution < 1.29 is 5.11 Å². The molecule has 0 saturated heterocycles. The summed E-state index contributed by atoms with van der Waals surface area (Å²) in [5.41, 5.74) is 1.13. The molecule has 3 heteroatoms. The Morgan fingerprint density at radius 3 is 2.07 bits per heavy atom. The third-order valence-electron chi connectivity index (χ3n) is 2.55. The van der Waals surface area contributed by atoms with Gasteiger partial charge in [0.2, 0.25) is 0 Å². The second kappa shape index (κ2) is 5.20. The third-order valence-corrected chi connectivity index (χ3v) is 3.67. The van der Waals surface area contributed by atoms with Crippen LogP contribution < -0.4 is 0 Å². The second-order valence-electron chi connectivity index (χ2n) is 3.96. The molecule has 0 bridgehead atoms. The van der Waals surface area contributed by atoms with Gasteiger partial charge >= 0.3 is 0 Å². The highest BCUT2D eigenvalue weighted by Gasteiger charge is 2.44. The Hall–Kier alpha value is -0.240. The third kappa shape index (κ3) is 4.02. The topological polar surface area (TPSA) is 20.2 Å². The largest absolute Gasteiger partial charge is 0.392 e. The fourth-order valence-electron chi connectivity index (χ4n) is 1.09. The normalized spacial score (nSPS) is 18.7. The van der Waals surface area contributed by atoms with E-state index in [1.165, 1.54) is 0 Å². The van der Waals surface area contributed by atoms with Gasteiger partial charge in [0.1, 0.15) is 0 Å².